The second-order valence-electron chi connectivity index (χ2n) is 7.38. The van der Waals surface area contributed by atoms with Gasteiger partial charge in [-0.05, 0) is 23.3 Å². The molecule has 0 saturated carbocycles. The molecule has 2 amide bonds. The molecule has 0 aliphatic carbocycles. The van der Waals surface area contributed by atoms with Crippen LogP contribution in [0.5, 0.6) is 0 Å². The Kier molecular flexibility index (Phi) is 9.79. The van der Waals surface area contributed by atoms with Crippen LogP contribution in [0.1, 0.15) is 29.2 Å². The van der Waals surface area contributed by atoms with E-state index in [0.717, 1.165) is 11.1 Å². The topological polar surface area (TPSA) is 123 Å². The Labute approximate surface area is 207 Å². The molecule has 5 N–H and O–H groups in total. The summed E-state index contributed by atoms with van der Waals surface area (Å²) in [5.41, 5.74) is 8.58. The van der Waals surface area contributed by atoms with E-state index in [1.807, 2.05) is 24.3 Å². The molecule has 11 heteroatoms. The Balaban J connectivity index is 0.00000385. The number of hydrogen-bond donors (Lipinski definition) is 4. The molecule has 0 bridgehead atoms. The van der Waals surface area contributed by atoms with Crippen molar-refractivity contribution in [2.24, 2.45) is 5.73 Å². The summed E-state index contributed by atoms with van der Waals surface area (Å²) in [6, 6.07) is 9.32. The Bertz CT molecular complexity index is 1020. The largest absolute Gasteiger partial charge is 0.454 e. The van der Waals surface area contributed by atoms with Crippen molar-refractivity contribution in [2.75, 3.05) is 19.0 Å². The van der Waals surface area contributed by atoms with Crippen LogP contribution in [0.25, 0.3) is 0 Å². The molecule has 0 aromatic heterocycles. The van der Waals surface area contributed by atoms with E-state index in [2.05, 4.69) is 16.0 Å². The third-order valence-electron chi connectivity index (χ3n) is 5.11. The van der Waals surface area contributed by atoms with Crippen molar-refractivity contribution in [3.63, 3.8) is 0 Å². The van der Waals surface area contributed by atoms with Crippen molar-refractivity contribution >= 4 is 59.1 Å². The quantitative estimate of drug-likeness (QED) is 0.421. The monoisotopic (exact) mass is 514 g/mol. The number of halogens is 3. The molecule has 178 valence electrons. The Morgan fingerprint density at radius 3 is 2.42 bits per heavy atom. The van der Waals surface area contributed by atoms with E-state index < -0.39 is 30.6 Å². The number of anilines is 1. The number of carbonyl (C=O) groups is 3. The van der Waals surface area contributed by atoms with E-state index in [9.17, 15) is 14.4 Å². The van der Waals surface area contributed by atoms with Crippen LogP contribution in [-0.2, 0) is 32.1 Å². The van der Waals surface area contributed by atoms with Gasteiger partial charge in [0.2, 0.25) is 5.91 Å². The van der Waals surface area contributed by atoms with Crippen molar-refractivity contribution < 1.29 is 19.1 Å². The molecule has 0 radical (unpaired) electrons. The van der Waals surface area contributed by atoms with Crippen LogP contribution < -0.4 is 21.7 Å². The normalized spacial score (nSPS) is 16.5. The van der Waals surface area contributed by atoms with Crippen molar-refractivity contribution in [3.8, 4) is 0 Å². The lowest BCUT2D eigenvalue weighted by molar-refractivity contribution is -0.149. The van der Waals surface area contributed by atoms with E-state index in [4.69, 9.17) is 33.7 Å². The summed E-state index contributed by atoms with van der Waals surface area (Å²) in [5, 5.41) is 9.14. The molecule has 2 aromatic carbocycles. The third kappa shape index (κ3) is 6.98. The SMILES string of the molecule is CNC(=O)COC(=O)C1CC(NC(=O)Cc2ccc(CN)cc2)c2c(Cl)cc(Cl)cc2N1.Cl. The van der Waals surface area contributed by atoms with Gasteiger partial charge in [-0.15, -0.1) is 12.4 Å². The maximum atomic E-state index is 12.8. The van der Waals surface area contributed by atoms with Gasteiger partial charge in [0.05, 0.1) is 12.5 Å². The number of ether oxygens (including phenoxy) is 1. The lowest BCUT2D eigenvalue weighted by atomic mass is 9.92. The summed E-state index contributed by atoms with van der Waals surface area (Å²) in [7, 11) is 1.45. The molecule has 1 heterocycles. The standard InChI is InChI=1S/C22H24Cl2N4O4.ClH/c1-26-20(30)11-32-22(31)18-9-17(21-15(24)7-14(23)8-16(21)27-18)28-19(29)6-12-2-4-13(10-25)5-3-12;/h2-5,7-8,17-18,27H,6,9-11,25H2,1H3,(H,26,30)(H,28,29);1H. The van der Waals surface area contributed by atoms with Gasteiger partial charge >= 0.3 is 5.97 Å². The van der Waals surface area contributed by atoms with Crippen LogP contribution in [0.15, 0.2) is 36.4 Å². The molecular formula is C22H25Cl3N4O4. The summed E-state index contributed by atoms with van der Waals surface area (Å²) in [5.74, 6) is -1.27. The summed E-state index contributed by atoms with van der Waals surface area (Å²) >= 11 is 12.5. The maximum absolute atomic E-state index is 12.8. The van der Waals surface area contributed by atoms with Gasteiger partial charge in [0.25, 0.3) is 5.91 Å². The fourth-order valence-corrected chi connectivity index (χ4v) is 4.10. The summed E-state index contributed by atoms with van der Waals surface area (Å²) in [6.45, 7) is 0.0310. The number of amides is 2. The number of hydrogen-bond acceptors (Lipinski definition) is 6. The second-order valence-corrected chi connectivity index (χ2v) is 8.22. The lowest BCUT2D eigenvalue weighted by Gasteiger charge is -2.33. The second kappa shape index (κ2) is 12.1. The van der Waals surface area contributed by atoms with Crippen molar-refractivity contribution in [1.29, 1.82) is 0 Å². The molecule has 1 aliphatic heterocycles. The maximum Gasteiger partial charge on any atom is 0.329 e. The van der Waals surface area contributed by atoms with E-state index in [1.54, 1.807) is 12.1 Å². The minimum absolute atomic E-state index is 0. The number of likely N-dealkylation sites (N-methyl/N-ethyl adjacent to an activating group) is 1. The highest BCUT2D eigenvalue weighted by Crippen LogP contribution is 2.40. The van der Waals surface area contributed by atoms with Crippen LogP contribution in [0.2, 0.25) is 10.0 Å². The van der Waals surface area contributed by atoms with Gasteiger partial charge in [-0.1, -0.05) is 47.5 Å². The summed E-state index contributed by atoms with van der Waals surface area (Å²) in [4.78, 5) is 36.7. The minimum atomic E-state index is -0.796. The van der Waals surface area contributed by atoms with E-state index in [-0.39, 0.29) is 31.2 Å². The molecule has 33 heavy (non-hydrogen) atoms. The number of nitrogens with one attached hydrogen (secondary N) is 3. The number of benzene rings is 2. The fourth-order valence-electron chi connectivity index (χ4n) is 3.48. The first-order valence-electron chi connectivity index (χ1n) is 10.0. The van der Waals surface area contributed by atoms with Gasteiger partial charge in [-0.25, -0.2) is 4.79 Å². The van der Waals surface area contributed by atoms with E-state index in [1.165, 1.54) is 7.05 Å². The average molecular weight is 516 g/mol. The Morgan fingerprint density at radius 1 is 1.12 bits per heavy atom. The van der Waals surface area contributed by atoms with Gasteiger partial charge in [0, 0.05) is 41.3 Å². The van der Waals surface area contributed by atoms with Gasteiger partial charge in [0.1, 0.15) is 6.04 Å². The minimum Gasteiger partial charge on any atom is -0.454 e. The zero-order valence-corrected chi connectivity index (χ0v) is 20.2. The number of esters is 1. The zero-order valence-electron chi connectivity index (χ0n) is 17.8. The third-order valence-corrected chi connectivity index (χ3v) is 5.64. The molecule has 1 aliphatic rings. The molecule has 0 saturated heterocycles. The van der Waals surface area contributed by atoms with E-state index >= 15 is 0 Å². The highest BCUT2D eigenvalue weighted by molar-refractivity contribution is 6.35. The van der Waals surface area contributed by atoms with Crippen LogP contribution in [0.3, 0.4) is 0 Å². The smallest absolute Gasteiger partial charge is 0.329 e. The zero-order chi connectivity index (χ0) is 23.3. The number of fused-ring (bicyclic) bond motifs is 1. The first-order valence-corrected chi connectivity index (χ1v) is 10.8. The predicted octanol–water partition coefficient (Wildman–Crippen LogP) is 2.75. The summed E-state index contributed by atoms with van der Waals surface area (Å²) < 4.78 is 5.08. The van der Waals surface area contributed by atoms with E-state index in [0.29, 0.717) is 27.8 Å². The van der Waals surface area contributed by atoms with Crippen LogP contribution in [0.4, 0.5) is 5.69 Å². The highest BCUT2D eigenvalue weighted by atomic mass is 35.5. The van der Waals surface area contributed by atoms with Crippen LogP contribution in [0, 0.1) is 0 Å². The molecule has 2 atom stereocenters. The van der Waals surface area contributed by atoms with Crippen molar-refractivity contribution in [1.82, 2.24) is 10.6 Å². The molecule has 2 unspecified atom stereocenters. The highest BCUT2D eigenvalue weighted by Gasteiger charge is 2.34. The molecule has 0 spiro atoms. The lowest BCUT2D eigenvalue weighted by Crippen LogP contribution is -2.43. The van der Waals surface area contributed by atoms with Gasteiger partial charge in [0.15, 0.2) is 6.61 Å². The first kappa shape index (κ1) is 26.7. The van der Waals surface area contributed by atoms with Crippen molar-refractivity contribution in [3.05, 3.63) is 63.1 Å². The Morgan fingerprint density at radius 2 is 1.79 bits per heavy atom. The molecule has 8 nitrogen and oxygen atoms in total. The molecule has 2 aromatic rings. The molecule has 3 rings (SSSR count). The molecule has 0 fully saturated rings. The first-order chi connectivity index (χ1) is 15.3. The van der Waals surface area contributed by atoms with Crippen LogP contribution >= 0.6 is 35.6 Å². The Hall–Kier alpha value is -2.52. The summed E-state index contributed by atoms with van der Waals surface area (Å²) in [6.07, 6.45) is 0.347. The van der Waals surface area contributed by atoms with Gasteiger partial charge in [-0.2, -0.15) is 0 Å². The number of nitrogens with two attached hydrogens (primary N) is 1. The van der Waals surface area contributed by atoms with Gasteiger partial charge in [-0.3, -0.25) is 9.59 Å². The van der Waals surface area contributed by atoms with Crippen LogP contribution in [-0.4, -0.2) is 37.5 Å². The number of rotatable bonds is 7. The van der Waals surface area contributed by atoms with Crippen molar-refractivity contribution in [2.45, 2.75) is 31.5 Å². The average Bonchev–Trinajstić information content (AvgIpc) is 2.76. The number of carbonyl (C=O) groups excluding carboxylic acids is 3. The van der Waals surface area contributed by atoms with Gasteiger partial charge < -0.3 is 26.4 Å². The fraction of sp³-hybridized carbons (Fsp3) is 0.318. The molecular weight excluding hydrogens is 491 g/mol. The predicted molar refractivity (Wildman–Crippen MR) is 130 cm³/mol.